The topological polar surface area (TPSA) is 128 Å². The van der Waals surface area contributed by atoms with Crippen molar-refractivity contribution in [1.29, 1.82) is 0 Å². The van der Waals surface area contributed by atoms with Crippen molar-refractivity contribution in [2.45, 2.75) is 52.3 Å². The third-order valence-electron chi connectivity index (χ3n) is 3.97. The molecule has 2 atom stereocenters. The number of carbonyl (C=O) groups excluding carboxylic acids is 2. The highest BCUT2D eigenvalue weighted by Gasteiger charge is 2.31. The van der Waals surface area contributed by atoms with Crippen LogP contribution in [-0.2, 0) is 16.1 Å². The first-order valence-electron chi connectivity index (χ1n) is 8.84. The number of benzene rings is 1. The Morgan fingerprint density at radius 3 is 2.22 bits per heavy atom. The summed E-state index contributed by atoms with van der Waals surface area (Å²) < 4.78 is 0. The monoisotopic (exact) mass is 379 g/mol. The Morgan fingerprint density at radius 1 is 1.11 bits per heavy atom. The van der Waals surface area contributed by atoms with Crippen LogP contribution < -0.4 is 16.0 Å². The smallest absolute Gasteiger partial charge is 0.337 e. The molecule has 2 unspecified atom stereocenters. The molecule has 0 aliphatic carbocycles. The van der Waals surface area contributed by atoms with Crippen molar-refractivity contribution in [2.24, 2.45) is 5.92 Å². The molecule has 5 N–H and O–H groups in total. The Bertz CT molecular complexity index is 656. The fourth-order valence-electron chi connectivity index (χ4n) is 2.26. The van der Waals surface area contributed by atoms with Crippen molar-refractivity contribution in [3.8, 4) is 0 Å². The summed E-state index contributed by atoms with van der Waals surface area (Å²) in [4.78, 5) is 35.4. The van der Waals surface area contributed by atoms with E-state index in [4.69, 9.17) is 5.11 Å². The maximum atomic E-state index is 12.3. The van der Waals surface area contributed by atoms with Crippen LogP contribution >= 0.6 is 0 Å². The Hall–Kier alpha value is -2.61. The lowest BCUT2D eigenvalue weighted by molar-refractivity contribution is -0.156. The molecular formula is C19H29N3O5. The number of hydrogen-bond acceptors (Lipinski definition) is 4. The molecule has 8 nitrogen and oxygen atoms in total. The van der Waals surface area contributed by atoms with E-state index in [-0.39, 0.29) is 5.92 Å². The lowest BCUT2D eigenvalue weighted by Gasteiger charge is -2.23. The van der Waals surface area contributed by atoms with Gasteiger partial charge in [-0.15, -0.1) is 0 Å². The van der Waals surface area contributed by atoms with Gasteiger partial charge in [0.25, 0.3) is 0 Å². The standard InChI is InChI=1S/C19H29N3O5/c1-12(2)9-15(16(23)21-11-19(4,27)17(24)25)22-18(26)20-10-14-7-5-13(3)6-8-14/h5-8,12,15,27H,9-11H2,1-4H3,(H,21,23)(H,24,25)(H2,20,22,26). The number of rotatable bonds is 9. The van der Waals surface area contributed by atoms with E-state index in [0.717, 1.165) is 18.1 Å². The van der Waals surface area contributed by atoms with E-state index >= 15 is 0 Å². The van der Waals surface area contributed by atoms with Crippen LogP contribution in [0.4, 0.5) is 4.79 Å². The number of nitrogens with one attached hydrogen (secondary N) is 3. The van der Waals surface area contributed by atoms with Gasteiger partial charge in [0, 0.05) is 6.54 Å². The predicted octanol–water partition coefficient (Wildman–Crippen LogP) is 1.16. The van der Waals surface area contributed by atoms with Gasteiger partial charge in [0.05, 0.1) is 6.54 Å². The zero-order valence-electron chi connectivity index (χ0n) is 16.2. The second-order valence-corrected chi connectivity index (χ2v) is 7.29. The summed E-state index contributed by atoms with van der Waals surface area (Å²) in [6.45, 7) is 6.73. The van der Waals surface area contributed by atoms with Crippen LogP contribution in [0.2, 0.25) is 0 Å². The summed E-state index contributed by atoms with van der Waals surface area (Å²) in [6, 6.07) is 6.36. The van der Waals surface area contributed by atoms with Crippen LogP contribution in [0.1, 0.15) is 38.3 Å². The second-order valence-electron chi connectivity index (χ2n) is 7.29. The average molecular weight is 379 g/mol. The molecular weight excluding hydrogens is 350 g/mol. The third kappa shape index (κ3) is 8.08. The molecule has 0 aliphatic heterocycles. The Balaban J connectivity index is 2.61. The van der Waals surface area contributed by atoms with Crippen molar-refractivity contribution >= 4 is 17.9 Å². The van der Waals surface area contributed by atoms with E-state index in [0.29, 0.717) is 13.0 Å². The molecule has 0 aromatic heterocycles. The summed E-state index contributed by atoms with van der Waals surface area (Å²) in [5, 5.41) is 26.3. The van der Waals surface area contributed by atoms with Gasteiger partial charge < -0.3 is 26.2 Å². The molecule has 0 heterocycles. The van der Waals surface area contributed by atoms with Crippen LogP contribution in [0.15, 0.2) is 24.3 Å². The highest BCUT2D eigenvalue weighted by Crippen LogP contribution is 2.07. The molecule has 0 bridgehead atoms. The number of amides is 3. The number of aliphatic carboxylic acids is 1. The lowest BCUT2D eigenvalue weighted by atomic mass is 10.0. The summed E-state index contributed by atoms with van der Waals surface area (Å²) >= 11 is 0. The number of aryl methyl sites for hydroxylation is 1. The molecule has 150 valence electrons. The number of urea groups is 1. The molecule has 0 spiro atoms. The summed E-state index contributed by atoms with van der Waals surface area (Å²) in [6.07, 6.45) is 0.374. The highest BCUT2D eigenvalue weighted by molar-refractivity contribution is 5.87. The van der Waals surface area contributed by atoms with E-state index in [1.165, 1.54) is 0 Å². The normalized spacial score (nSPS) is 14.1. The van der Waals surface area contributed by atoms with Crippen LogP contribution in [0.3, 0.4) is 0 Å². The van der Waals surface area contributed by atoms with E-state index in [1.807, 2.05) is 45.0 Å². The van der Waals surface area contributed by atoms with Gasteiger partial charge in [-0.2, -0.15) is 0 Å². The zero-order valence-corrected chi connectivity index (χ0v) is 16.2. The highest BCUT2D eigenvalue weighted by atomic mass is 16.4. The van der Waals surface area contributed by atoms with Gasteiger partial charge >= 0.3 is 12.0 Å². The molecule has 0 saturated heterocycles. The Labute approximate surface area is 159 Å². The molecule has 0 radical (unpaired) electrons. The van der Waals surface area contributed by atoms with Crippen molar-refractivity contribution in [3.05, 3.63) is 35.4 Å². The number of carbonyl (C=O) groups is 3. The zero-order chi connectivity index (χ0) is 20.6. The minimum Gasteiger partial charge on any atom is -0.479 e. The Kier molecular flexibility index (Phi) is 8.24. The molecule has 8 heteroatoms. The first kappa shape index (κ1) is 22.4. The minimum atomic E-state index is -2.08. The molecule has 3 amide bonds. The van der Waals surface area contributed by atoms with Gasteiger partial charge in [-0.3, -0.25) is 4.79 Å². The van der Waals surface area contributed by atoms with Gasteiger partial charge in [0.15, 0.2) is 5.60 Å². The predicted molar refractivity (Wildman–Crippen MR) is 101 cm³/mol. The maximum absolute atomic E-state index is 12.3. The molecule has 1 aromatic carbocycles. The SMILES string of the molecule is Cc1ccc(CNC(=O)NC(CC(C)C)C(=O)NCC(C)(O)C(=O)O)cc1. The fourth-order valence-corrected chi connectivity index (χ4v) is 2.26. The third-order valence-corrected chi connectivity index (χ3v) is 3.97. The van der Waals surface area contributed by atoms with Gasteiger partial charge in [-0.05, 0) is 31.7 Å². The van der Waals surface area contributed by atoms with Crippen molar-refractivity contribution in [1.82, 2.24) is 16.0 Å². The van der Waals surface area contributed by atoms with Gasteiger partial charge in [0.2, 0.25) is 5.91 Å². The van der Waals surface area contributed by atoms with Gasteiger partial charge in [-0.25, -0.2) is 9.59 Å². The molecule has 1 rings (SSSR count). The first-order chi connectivity index (χ1) is 12.5. The van der Waals surface area contributed by atoms with E-state index in [2.05, 4.69) is 16.0 Å². The largest absolute Gasteiger partial charge is 0.479 e. The maximum Gasteiger partial charge on any atom is 0.337 e. The molecule has 1 aromatic rings. The van der Waals surface area contributed by atoms with Crippen LogP contribution in [0, 0.1) is 12.8 Å². The summed E-state index contributed by atoms with van der Waals surface area (Å²) in [5.74, 6) is -1.86. The molecule has 0 saturated carbocycles. The van der Waals surface area contributed by atoms with E-state index in [9.17, 15) is 19.5 Å². The summed E-state index contributed by atoms with van der Waals surface area (Å²) in [7, 11) is 0. The number of aliphatic hydroxyl groups is 1. The lowest BCUT2D eigenvalue weighted by Crippen LogP contribution is -2.54. The van der Waals surface area contributed by atoms with Gasteiger partial charge in [0.1, 0.15) is 6.04 Å². The number of hydrogen-bond donors (Lipinski definition) is 5. The van der Waals surface area contributed by atoms with E-state index in [1.54, 1.807) is 0 Å². The average Bonchev–Trinajstić information content (AvgIpc) is 2.58. The van der Waals surface area contributed by atoms with Crippen LogP contribution in [0.25, 0.3) is 0 Å². The number of carboxylic acids is 1. The van der Waals surface area contributed by atoms with Crippen molar-refractivity contribution in [3.63, 3.8) is 0 Å². The Morgan fingerprint density at radius 2 is 1.70 bits per heavy atom. The molecule has 0 aliphatic rings. The summed E-state index contributed by atoms with van der Waals surface area (Å²) in [5.41, 5.74) is -0.0293. The fraction of sp³-hybridized carbons (Fsp3) is 0.526. The first-order valence-corrected chi connectivity index (χ1v) is 8.84. The van der Waals surface area contributed by atoms with Crippen molar-refractivity contribution < 1.29 is 24.6 Å². The second kappa shape index (κ2) is 9.91. The van der Waals surface area contributed by atoms with Crippen LogP contribution in [-0.4, -0.2) is 46.3 Å². The van der Waals surface area contributed by atoms with Crippen molar-refractivity contribution in [2.75, 3.05) is 6.54 Å². The molecule has 0 fully saturated rings. The quantitative estimate of drug-likeness (QED) is 0.440. The van der Waals surface area contributed by atoms with E-state index < -0.39 is 36.1 Å². The number of carboxylic acid groups (broad SMARTS) is 1. The molecule has 27 heavy (non-hydrogen) atoms. The van der Waals surface area contributed by atoms with Crippen LogP contribution in [0.5, 0.6) is 0 Å². The van der Waals surface area contributed by atoms with Gasteiger partial charge in [-0.1, -0.05) is 43.7 Å². The minimum absolute atomic E-state index is 0.123.